The summed E-state index contributed by atoms with van der Waals surface area (Å²) in [6.45, 7) is 6.38. The Kier molecular flexibility index (Phi) is 6.36. The average Bonchev–Trinajstić information content (AvgIpc) is 2.95. The third kappa shape index (κ3) is 6.01. The van der Waals surface area contributed by atoms with Crippen LogP contribution in [0.2, 0.25) is 0 Å². The van der Waals surface area contributed by atoms with Crippen molar-refractivity contribution in [2.75, 3.05) is 11.9 Å². The predicted molar refractivity (Wildman–Crippen MR) is 101 cm³/mol. The Bertz CT molecular complexity index is 732. The van der Waals surface area contributed by atoms with E-state index in [0.29, 0.717) is 18.9 Å². The highest BCUT2D eigenvalue weighted by Crippen LogP contribution is 2.14. The third-order valence-electron chi connectivity index (χ3n) is 3.55. The number of amides is 2. The van der Waals surface area contributed by atoms with Crippen molar-refractivity contribution in [3.63, 3.8) is 0 Å². The van der Waals surface area contributed by atoms with Gasteiger partial charge >= 0.3 is 0 Å². The highest BCUT2D eigenvalue weighted by atomic mass is 79.9. The molecule has 6 nitrogen and oxygen atoms in total. The second kappa shape index (κ2) is 8.29. The van der Waals surface area contributed by atoms with Gasteiger partial charge in [0.05, 0.1) is 12.7 Å². The number of hydrogen-bond acceptors (Lipinski definition) is 3. The maximum atomic E-state index is 12.1. The van der Waals surface area contributed by atoms with Gasteiger partial charge in [0.15, 0.2) is 0 Å². The van der Waals surface area contributed by atoms with Crippen LogP contribution in [0.4, 0.5) is 5.82 Å². The van der Waals surface area contributed by atoms with Crippen LogP contribution in [0.3, 0.4) is 0 Å². The first-order valence-electron chi connectivity index (χ1n) is 8.10. The molecule has 2 amide bonds. The van der Waals surface area contributed by atoms with Crippen LogP contribution in [0.5, 0.6) is 0 Å². The van der Waals surface area contributed by atoms with E-state index >= 15 is 0 Å². The monoisotopic (exact) mass is 406 g/mol. The highest BCUT2D eigenvalue weighted by Gasteiger charge is 2.20. The normalized spacial score (nSPS) is 11.2. The molecule has 134 valence electrons. The highest BCUT2D eigenvalue weighted by molar-refractivity contribution is 9.10. The van der Waals surface area contributed by atoms with Crippen molar-refractivity contribution in [2.24, 2.45) is 5.41 Å². The molecular weight excluding hydrogens is 384 g/mol. The largest absolute Gasteiger partial charge is 0.355 e. The molecule has 0 aliphatic rings. The summed E-state index contributed by atoms with van der Waals surface area (Å²) in [6.07, 6.45) is 1.86. The van der Waals surface area contributed by atoms with Crippen LogP contribution in [-0.4, -0.2) is 28.1 Å². The van der Waals surface area contributed by atoms with Crippen LogP contribution in [0.1, 0.15) is 32.8 Å². The van der Waals surface area contributed by atoms with Gasteiger partial charge in [-0.15, -0.1) is 0 Å². The van der Waals surface area contributed by atoms with Gasteiger partial charge in [0.2, 0.25) is 11.8 Å². The van der Waals surface area contributed by atoms with E-state index in [1.165, 1.54) is 0 Å². The molecule has 0 unspecified atom stereocenters. The Hall–Kier alpha value is -2.15. The topological polar surface area (TPSA) is 76.0 Å². The van der Waals surface area contributed by atoms with E-state index in [0.717, 1.165) is 10.0 Å². The van der Waals surface area contributed by atoms with Crippen molar-refractivity contribution < 1.29 is 9.59 Å². The van der Waals surface area contributed by atoms with Crippen molar-refractivity contribution in [1.82, 2.24) is 15.1 Å². The fourth-order valence-electron chi connectivity index (χ4n) is 2.09. The standard InChI is InChI=1S/C18H23BrN4O2/c1-18(2,3)17(25)20-10-9-16(24)22-15-8-11-21-23(15)12-13-4-6-14(19)7-5-13/h4-8,11H,9-10,12H2,1-3H3,(H,20,25)(H,22,24). The SMILES string of the molecule is CC(C)(C)C(=O)NCCC(=O)Nc1ccnn1Cc1ccc(Br)cc1. The van der Waals surface area contributed by atoms with E-state index in [-0.39, 0.29) is 18.2 Å². The second-order valence-corrected chi connectivity index (χ2v) is 7.72. The van der Waals surface area contributed by atoms with Crippen LogP contribution in [0, 0.1) is 5.41 Å². The molecule has 0 bridgehead atoms. The summed E-state index contributed by atoms with van der Waals surface area (Å²) in [5, 5.41) is 9.85. The van der Waals surface area contributed by atoms with E-state index in [9.17, 15) is 9.59 Å². The summed E-state index contributed by atoms with van der Waals surface area (Å²) in [6, 6.07) is 9.69. The molecule has 0 spiro atoms. The van der Waals surface area contributed by atoms with Gasteiger partial charge in [-0.25, -0.2) is 4.68 Å². The van der Waals surface area contributed by atoms with Gasteiger partial charge in [-0.1, -0.05) is 48.8 Å². The van der Waals surface area contributed by atoms with Gasteiger partial charge in [0, 0.05) is 28.9 Å². The first-order valence-corrected chi connectivity index (χ1v) is 8.89. The van der Waals surface area contributed by atoms with Crippen LogP contribution < -0.4 is 10.6 Å². The van der Waals surface area contributed by atoms with Gasteiger partial charge < -0.3 is 10.6 Å². The number of rotatable bonds is 6. The minimum atomic E-state index is -0.459. The van der Waals surface area contributed by atoms with Crippen LogP contribution in [0.25, 0.3) is 0 Å². The molecule has 2 rings (SSSR count). The lowest BCUT2D eigenvalue weighted by atomic mass is 9.96. The number of halogens is 1. The number of aromatic nitrogens is 2. The Labute approximate surface area is 156 Å². The number of benzene rings is 1. The summed E-state index contributed by atoms with van der Waals surface area (Å²) in [5.41, 5.74) is 0.625. The smallest absolute Gasteiger partial charge is 0.227 e. The molecule has 0 radical (unpaired) electrons. The average molecular weight is 407 g/mol. The van der Waals surface area contributed by atoms with Crippen LogP contribution in [0.15, 0.2) is 41.0 Å². The van der Waals surface area contributed by atoms with Crippen LogP contribution in [-0.2, 0) is 16.1 Å². The van der Waals surface area contributed by atoms with Crippen molar-refractivity contribution in [2.45, 2.75) is 33.7 Å². The first kappa shape index (κ1) is 19.2. The quantitative estimate of drug-likeness (QED) is 0.772. The van der Waals surface area contributed by atoms with Gasteiger partial charge in [-0.3, -0.25) is 9.59 Å². The van der Waals surface area contributed by atoms with Gasteiger partial charge in [0.25, 0.3) is 0 Å². The second-order valence-electron chi connectivity index (χ2n) is 6.80. The third-order valence-corrected chi connectivity index (χ3v) is 4.08. The lowest BCUT2D eigenvalue weighted by Gasteiger charge is -2.17. The zero-order chi connectivity index (χ0) is 18.4. The van der Waals surface area contributed by atoms with Crippen molar-refractivity contribution >= 4 is 33.6 Å². The fourth-order valence-corrected chi connectivity index (χ4v) is 2.35. The lowest BCUT2D eigenvalue weighted by Crippen LogP contribution is -2.36. The summed E-state index contributed by atoms with van der Waals surface area (Å²) in [4.78, 5) is 23.9. The molecule has 0 aliphatic carbocycles. The molecule has 0 atom stereocenters. The molecule has 1 heterocycles. The zero-order valence-electron chi connectivity index (χ0n) is 14.7. The van der Waals surface area contributed by atoms with Gasteiger partial charge in [-0.2, -0.15) is 5.10 Å². The zero-order valence-corrected chi connectivity index (χ0v) is 16.3. The molecule has 1 aromatic carbocycles. The van der Waals surface area contributed by atoms with Crippen molar-refractivity contribution in [3.05, 3.63) is 46.6 Å². The summed E-state index contributed by atoms with van der Waals surface area (Å²) in [7, 11) is 0. The van der Waals surface area contributed by atoms with E-state index in [1.807, 2.05) is 45.0 Å². The van der Waals surface area contributed by atoms with Gasteiger partial charge in [0.1, 0.15) is 5.82 Å². The maximum Gasteiger partial charge on any atom is 0.227 e. The molecule has 0 fully saturated rings. The van der Waals surface area contributed by atoms with Gasteiger partial charge in [-0.05, 0) is 17.7 Å². The van der Waals surface area contributed by atoms with E-state index in [2.05, 4.69) is 31.7 Å². The fraction of sp³-hybridized carbons (Fsp3) is 0.389. The van der Waals surface area contributed by atoms with E-state index in [1.54, 1.807) is 16.9 Å². The van der Waals surface area contributed by atoms with E-state index in [4.69, 9.17) is 0 Å². The maximum absolute atomic E-state index is 12.1. The first-order chi connectivity index (χ1) is 11.8. The lowest BCUT2D eigenvalue weighted by molar-refractivity contribution is -0.128. The molecule has 2 aromatic rings. The number of hydrogen-bond donors (Lipinski definition) is 2. The summed E-state index contributed by atoms with van der Waals surface area (Å²) in [5.74, 6) is 0.405. The Balaban J connectivity index is 1.86. The minimum absolute atomic E-state index is 0.0689. The molecule has 0 saturated carbocycles. The number of anilines is 1. The Morgan fingerprint density at radius 2 is 1.84 bits per heavy atom. The van der Waals surface area contributed by atoms with Crippen molar-refractivity contribution in [1.29, 1.82) is 0 Å². The number of nitrogens with zero attached hydrogens (tertiary/aromatic N) is 2. The molecule has 0 aliphatic heterocycles. The summed E-state index contributed by atoms with van der Waals surface area (Å²) >= 11 is 3.41. The number of carbonyl (C=O) groups excluding carboxylic acids is 2. The minimum Gasteiger partial charge on any atom is -0.355 e. The molecule has 2 N–H and O–H groups in total. The Morgan fingerprint density at radius 3 is 2.48 bits per heavy atom. The number of nitrogens with one attached hydrogen (secondary N) is 2. The van der Waals surface area contributed by atoms with Crippen molar-refractivity contribution in [3.8, 4) is 0 Å². The molecular formula is C18H23BrN4O2. The van der Waals surface area contributed by atoms with E-state index < -0.39 is 5.41 Å². The molecule has 1 aromatic heterocycles. The molecule has 0 saturated heterocycles. The Morgan fingerprint density at radius 1 is 1.16 bits per heavy atom. The van der Waals surface area contributed by atoms with Crippen LogP contribution >= 0.6 is 15.9 Å². The number of carbonyl (C=O) groups is 2. The molecule has 7 heteroatoms. The summed E-state index contributed by atoms with van der Waals surface area (Å²) < 4.78 is 2.75. The molecule has 25 heavy (non-hydrogen) atoms. The predicted octanol–water partition coefficient (Wildman–Crippen LogP) is 3.18.